The summed E-state index contributed by atoms with van der Waals surface area (Å²) in [5.41, 5.74) is 1.76. The normalized spacial score (nSPS) is 23.8. The van der Waals surface area contributed by atoms with Gasteiger partial charge in [0, 0.05) is 37.6 Å². The van der Waals surface area contributed by atoms with Gasteiger partial charge in [0.2, 0.25) is 0 Å². The van der Waals surface area contributed by atoms with E-state index in [1.807, 2.05) is 36.5 Å². The van der Waals surface area contributed by atoms with Gasteiger partial charge in [0.15, 0.2) is 0 Å². The van der Waals surface area contributed by atoms with Crippen molar-refractivity contribution in [3.05, 3.63) is 53.9 Å². The van der Waals surface area contributed by atoms with E-state index in [1.165, 1.54) is 0 Å². The van der Waals surface area contributed by atoms with Crippen LogP contribution in [0, 0.1) is 0 Å². The summed E-state index contributed by atoms with van der Waals surface area (Å²) >= 11 is 0. The number of hydrogen-bond donors (Lipinski definition) is 3. The minimum absolute atomic E-state index is 0.0138. The van der Waals surface area contributed by atoms with Crippen LogP contribution in [-0.4, -0.2) is 40.0 Å². The highest BCUT2D eigenvalue weighted by Crippen LogP contribution is 2.32. The summed E-state index contributed by atoms with van der Waals surface area (Å²) in [7, 11) is 1.62. The van der Waals surface area contributed by atoms with Crippen molar-refractivity contribution in [3.63, 3.8) is 0 Å². The highest BCUT2D eigenvalue weighted by Gasteiger charge is 2.41. The number of aliphatic hydroxyl groups is 1. The van der Waals surface area contributed by atoms with E-state index in [0.717, 1.165) is 12.0 Å². The van der Waals surface area contributed by atoms with E-state index < -0.39 is 0 Å². The molecule has 1 amide bonds. The number of aromatic nitrogens is 2. The highest BCUT2D eigenvalue weighted by molar-refractivity contribution is 5.93. The van der Waals surface area contributed by atoms with Crippen molar-refractivity contribution in [3.8, 4) is 0 Å². The zero-order valence-electron chi connectivity index (χ0n) is 12.4. The van der Waals surface area contributed by atoms with Gasteiger partial charge in [0.1, 0.15) is 0 Å². The van der Waals surface area contributed by atoms with E-state index in [0.29, 0.717) is 12.1 Å². The van der Waals surface area contributed by atoms with Gasteiger partial charge in [-0.2, -0.15) is 5.10 Å². The summed E-state index contributed by atoms with van der Waals surface area (Å²) in [6, 6.07) is 9.56. The molecule has 1 fully saturated rings. The van der Waals surface area contributed by atoms with E-state index in [-0.39, 0.29) is 24.1 Å². The summed E-state index contributed by atoms with van der Waals surface area (Å²) < 4.78 is 1.81. The van der Waals surface area contributed by atoms with Gasteiger partial charge in [-0.25, -0.2) is 0 Å². The van der Waals surface area contributed by atoms with Crippen LogP contribution in [0.15, 0.2) is 42.7 Å². The van der Waals surface area contributed by atoms with Gasteiger partial charge in [-0.05, 0) is 30.2 Å². The molecule has 1 aliphatic carbocycles. The fourth-order valence-corrected chi connectivity index (χ4v) is 2.80. The first-order valence-corrected chi connectivity index (χ1v) is 7.40. The topological polar surface area (TPSA) is 79.2 Å². The lowest BCUT2D eigenvalue weighted by Gasteiger charge is -2.42. The number of nitrogens with zero attached hydrogens (tertiary/aromatic N) is 2. The third-order valence-electron chi connectivity index (χ3n) is 4.14. The smallest absolute Gasteiger partial charge is 0.251 e. The average Bonchev–Trinajstić information content (AvgIpc) is 3.04. The molecule has 0 spiro atoms. The Morgan fingerprint density at radius 1 is 1.41 bits per heavy atom. The molecule has 1 saturated carbocycles. The van der Waals surface area contributed by atoms with Crippen molar-refractivity contribution in [2.75, 3.05) is 7.05 Å². The summed E-state index contributed by atoms with van der Waals surface area (Å²) in [4.78, 5) is 11.5. The summed E-state index contributed by atoms with van der Waals surface area (Å²) in [6.07, 6.45) is 3.97. The summed E-state index contributed by atoms with van der Waals surface area (Å²) in [6.45, 7) is 0.698. The third-order valence-corrected chi connectivity index (χ3v) is 4.14. The molecule has 0 aliphatic heterocycles. The largest absolute Gasteiger partial charge is 0.391 e. The monoisotopic (exact) mass is 300 g/mol. The maximum absolute atomic E-state index is 11.5. The Labute approximate surface area is 129 Å². The molecule has 0 saturated heterocycles. The van der Waals surface area contributed by atoms with Crippen molar-refractivity contribution in [2.24, 2.45) is 0 Å². The molecule has 1 aromatic heterocycles. The van der Waals surface area contributed by atoms with Crippen LogP contribution in [0.3, 0.4) is 0 Å². The minimum Gasteiger partial charge on any atom is -0.391 e. The molecule has 3 rings (SSSR count). The molecule has 1 heterocycles. The highest BCUT2D eigenvalue weighted by atomic mass is 16.3. The van der Waals surface area contributed by atoms with Crippen LogP contribution in [0.25, 0.3) is 0 Å². The Kier molecular flexibility index (Phi) is 4.22. The number of benzene rings is 1. The minimum atomic E-state index is -0.354. The van der Waals surface area contributed by atoms with Crippen LogP contribution in [-0.2, 0) is 6.54 Å². The van der Waals surface area contributed by atoms with E-state index >= 15 is 0 Å². The first-order chi connectivity index (χ1) is 10.7. The van der Waals surface area contributed by atoms with E-state index in [4.69, 9.17) is 0 Å². The Bertz CT molecular complexity index is 624. The number of amides is 1. The standard InChI is InChI=1S/C16H20N4O2/c1-17-16(22)12-5-3-11(4-6-12)10-18-13-9-14(21)15(13)20-8-2-7-19-20/h2-8,13-15,18,21H,9-10H2,1H3,(H,17,22)/t13-,14+,15+/m0/s1. The van der Waals surface area contributed by atoms with Gasteiger partial charge >= 0.3 is 0 Å². The molecule has 0 radical (unpaired) electrons. The lowest BCUT2D eigenvalue weighted by Crippen LogP contribution is -2.54. The molecule has 6 heteroatoms. The van der Waals surface area contributed by atoms with Crippen LogP contribution in [0.2, 0.25) is 0 Å². The van der Waals surface area contributed by atoms with Crippen molar-refractivity contribution < 1.29 is 9.90 Å². The number of carbonyl (C=O) groups is 1. The predicted octanol–water partition coefficient (Wildman–Crippen LogP) is 0.707. The average molecular weight is 300 g/mol. The number of nitrogens with one attached hydrogen (secondary N) is 2. The summed E-state index contributed by atoms with van der Waals surface area (Å²) in [5, 5.41) is 20.2. The molecule has 1 aliphatic rings. The maximum atomic E-state index is 11.5. The first kappa shape index (κ1) is 14.7. The van der Waals surface area contributed by atoms with E-state index in [9.17, 15) is 9.90 Å². The van der Waals surface area contributed by atoms with Crippen molar-refractivity contribution in [1.29, 1.82) is 0 Å². The molecule has 0 bridgehead atoms. The molecular weight excluding hydrogens is 280 g/mol. The Balaban J connectivity index is 1.57. The van der Waals surface area contributed by atoms with Gasteiger partial charge < -0.3 is 15.7 Å². The van der Waals surface area contributed by atoms with Gasteiger partial charge in [-0.3, -0.25) is 9.48 Å². The fraction of sp³-hybridized carbons (Fsp3) is 0.375. The van der Waals surface area contributed by atoms with Crippen LogP contribution >= 0.6 is 0 Å². The maximum Gasteiger partial charge on any atom is 0.251 e. The van der Waals surface area contributed by atoms with Crippen LogP contribution < -0.4 is 10.6 Å². The molecule has 22 heavy (non-hydrogen) atoms. The van der Waals surface area contributed by atoms with Crippen molar-refractivity contribution in [1.82, 2.24) is 20.4 Å². The van der Waals surface area contributed by atoms with Gasteiger partial charge in [-0.1, -0.05) is 12.1 Å². The molecule has 2 aromatic rings. The lowest BCUT2D eigenvalue weighted by molar-refractivity contribution is -0.00822. The second kappa shape index (κ2) is 6.29. The molecule has 6 nitrogen and oxygen atoms in total. The van der Waals surface area contributed by atoms with E-state index in [2.05, 4.69) is 15.7 Å². The Morgan fingerprint density at radius 3 is 2.77 bits per heavy atom. The summed E-state index contributed by atoms with van der Waals surface area (Å²) in [5.74, 6) is -0.0830. The van der Waals surface area contributed by atoms with Crippen molar-refractivity contribution >= 4 is 5.91 Å². The van der Waals surface area contributed by atoms with Gasteiger partial charge in [0.25, 0.3) is 5.91 Å². The van der Waals surface area contributed by atoms with Crippen LogP contribution in [0.5, 0.6) is 0 Å². The van der Waals surface area contributed by atoms with Crippen LogP contribution in [0.4, 0.5) is 0 Å². The zero-order chi connectivity index (χ0) is 15.5. The number of aliphatic hydroxyl groups excluding tert-OH is 1. The molecule has 0 unspecified atom stereocenters. The number of hydrogen-bond acceptors (Lipinski definition) is 4. The quantitative estimate of drug-likeness (QED) is 0.760. The molecule has 1 aromatic carbocycles. The van der Waals surface area contributed by atoms with Crippen molar-refractivity contribution in [2.45, 2.75) is 31.2 Å². The lowest BCUT2D eigenvalue weighted by atomic mass is 9.83. The van der Waals surface area contributed by atoms with Gasteiger partial charge in [-0.15, -0.1) is 0 Å². The Hall–Kier alpha value is -2.18. The molecule has 3 atom stereocenters. The number of rotatable bonds is 5. The molecule has 3 N–H and O–H groups in total. The zero-order valence-corrected chi connectivity index (χ0v) is 12.4. The second-order valence-corrected chi connectivity index (χ2v) is 5.54. The first-order valence-electron chi connectivity index (χ1n) is 7.40. The second-order valence-electron chi connectivity index (χ2n) is 5.54. The Morgan fingerprint density at radius 2 is 2.18 bits per heavy atom. The number of carbonyl (C=O) groups excluding carboxylic acids is 1. The fourth-order valence-electron chi connectivity index (χ4n) is 2.80. The van der Waals surface area contributed by atoms with Crippen LogP contribution in [0.1, 0.15) is 28.4 Å². The third kappa shape index (κ3) is 2.88. The predicted molar refractivity (Wildman–Crippen MR) is 82.3 cm³/mol. The van der Waals surface area contributed by atoms with Gasteiger partial charge in [0.05, 0.1) is 12.1 Å². The molecular formula is C16H20N4O2. The van der Waals surface area contributed by atoms with E-state index in [1.54, 1.807) is 17.9 Å². The molecule has 116 valence electrons. The SMILES string of the molecule is CNC(=O)c1ccc(CN[C@H]2C[C@@H](O)[C@@H]2n2cccn2)cc1.